The van der Waals surface area contributed by atoms with Crippen molar-refractivity contribution in [2.45, 2.75) is 146 Å². The lowest BCUT2D eigenvalue weighted by molar-refractivity contribution is -0.139. The number of amides is 6. The van der Waals surface area contributed by atoms with Crippen molar-refractivity contribution >= 4 is 201 Å². The first-order valence-electron chi connectivity index (χ1n) is 44.9. The van der Waals surface area contributed by atoms with Crippen LogP contribution in [0.1, 0.15) is 92.0 Å². The molecule has 6 amide bonds. The van der Waals surface area contributed by atoms with E-state index >= 15 is 0 Å². The SMILES string of the molecule is CC(C)(Nc1nc(-c2c[nH]c3ncc(Cl)cc23)ncc1Cl)C(=O)NCCF.CCNC(=O)C(C)(C)Nc1nc(-c2c[nH]c3ncc(Cl)cc23)ncc1Cl.CC[C@@]1(O)C[C@H](C(=O)NCC(F)(F)F)N(c2ccnc(-c3c[nH]c4ncc(Cl)cc34)n2)C1.C[C@@]1(O)C[C@H](C(=O)NCC(F)(F)F)N(c2ccnc(-c3c[nH]c4ncc(Cl)cc34)n2)C1.NC(=O)[C@@H]1CC[C@H](C(=O)NCC(F)(F)F)N1c1ccnc(-c2c[nH]c3ncc(Cl)cc23)n1.[HH].[HH].[HH].[HH].[HH].[HH].[HH].[HH]. The van der Waals surface area contributed by atoms with Gasteiger partial charge in [-0.05, 0) is 109 Å². The molecule has 56 heteroatoms. The first-order valence-corrected chi connectivity index (χ1v) is 47.5. The summed E-state index contributed by atoms with van der Waals surface area (Å²) in [6.07, 6.45) is 10.4. The molecule has 0 bridgehead atoms. The quantitative estimate of drug-likeness (QED) is 0.0236. The number of nitrogens with two attached hydrogens (primary N) is 1. The van der Waals surface area contributed by atoms with E-state index in [0.717, 1.165) is 16.3 Å². The molecule has 0 spiro atoms. The molecule has 15 aromatic heterocycles. The van der Waals surface area contributed by atoms with Crippen molar-refractivity contribution in [1.82, 2.24) is 126 Å². The molecule has 0 radical (unpaired) electrons. The number of hydrogen-bond acceptors (Lipinski definition) is 28. The number of primary amides is 1. The van der Waals surface area contributed by atoms with Gasteiger partial charge in [0.1, 0.15) is 129 Å². The van der Waals surface area contributed by atoms with Crippen LogP contribution in [0.2, 0.25) is 35.2 Å². The molecule has 16 N–H and O–H groups in total. The Labute approximate surface area is 879 Å². The van der Waals surface area contributed by atoms with Crippen LogP contribution < -0.4 is 57.7 Å². The van der Waals surface area contributed by atoms with Crippen molar-refractivity contribution < 1.29 is 94.3 Å². The van der Waals surface area contributed by atoms with Crippen molar-refractivity contribution in [1.29, 1.82) is 0 Å². The van der Waals surface area contributed by atoms with Crippen LogP contribution in [0.15, 0.2) is 141 Å². The fourth-order valence-corrected chi connectivity index (χ4v) is 17.2. The first kappa shape index (κ1) is 110. The highest BCUT2D eigenvalue weighted by Gasteiger charge is 2.49. The number of nitrogens with zero attached hydrogens (tertiary/aromatic N) is 18. The average Bonchev–Trinajstić information content (AvgIpc) is 1.63. The molecular formula is C92H106Cl7F10N31O8. The Morgan fingerprint density at radius 3 is 1.09 bits per heavy atom. The number of halogens is 17. The molecule has 0 aromatic carbocycles. The number of nitrogens with one attached hydrogen (secondary N) is 12. The number of fused-ring (bicyclic) bond motifs is 5. The molecule has 3 fully saturated rings. The Bertz CT molecular complexity index is 7470. The molecule has 0 aliphatic carbocycles. The number of rotatable bonds is 25. The zero-order chi connectivity index (χ0) is 107. The Morgan fingerprint density at radius 1 is 0.432 bits per heavy atom. The van der Waals surface area contributed by atoms with Gasteiger partial charge in [0.05, 0.1) is 48.7 Å². The molecule has 796 valence electrons. The van der Waals surface area contributed by atoms with Crippen LogP contribution in [0, 0.1) is 0 Å². The highest BCUT2D eigenvalue weighted by atomic mass is 35.5. The largest absolute Gasteiger partial charge is 0.405 e. The van der Waals surface area contributed by atoms with Crippen molar-refractivity contribution in [2.75, 3.05) is 77.8 Å². The summed E-state index contributed by atoms with van der Waals surface area (Å²) in [5, 5.41) is 44.7. The minimum Gasteiger partial charge on any atom is -0.388 e. The number of hydrogen-bond donors (Lipinski definition) is 15. The van der Waals surface area contributed by atoms with Crippen molar-refractivity contribution in [3.8, 4) is 56.9 Å². The monoisotopic (exact) mass is 2210 g/mol. The second kappa shape index (κ2) is 45.3. The van der Waals surface area contributed by atoms with Gasteiger partial charge in [-0.15, -0.1) is 0 Å². The van der Waals surface area contributed by atoms with E-state index in [1.807, 2.05) is 22.9 Å². The molecule has 0 unspecified atom stereocenters. The summed E-state index contributed by atoms with van der Waals surface area (Å²) in [5.74, 6) is -0.584. The van der Waals surface area contributed by atoms with E-state index in [1.165, 1.54) is 83.3 Å². The Balaban J connectivity index is 0.000000294. The number of aliphatic hydroxyl groups is 2. The number of β-amino-alcohol motifs (C(OH)–C–C–N with tert-alkyl or cyclic N) is 2. The summed E-state index contributed by atoms with van der Waals surface area (Å²) in [4.78, 5) is 158. The lowest BCUT2D eigenvalue weighted by Gasteiger charge is -2.29. The van der Waals surface area contributed by atoms with Gasteiger partial charge in [0.2, 0.25) is 35.4 Å². The van der Waals surface area contributed by atoms with E-state index in [4.69, 9.17) is 86.9 Å². The van der Waals surface area contributed by atoms with Crippen LogP contribution in [0.5, 0.6) is 0 Å². The molecule has 39 nitrogen and oxygen atoms in total. The third-order valence-corrected chi connectivity index (χ3v) is 24.9. The molecule has 148 heavy (non-hydrogen) atoms. The lowest BCUT2D eigenvalue weighted by Crippen LogP contribution is -2.51. The zero-order valence-electron chi connectivity index (χ0n) is 78.7. The van der Waals surface area contributed by atoms with Crippen molar-refractivity contribution in [3.05, 3.63) is 177 Å². The molecule has 6 atom stereocenters. The number of pyridine rings is 5. The lowest BCUT2D eigenvalue weighted by atomic mass is 9.97. The standard InChI is InChI=1S/C20H20ClF3N6O2.C19H17ClF3N7O2.C19H18ClF3N6O2.C17H17Cl2FN6O.C17H18Cl2N6O.8H2/c1-2-19(32)6-14(18(31)28-9-20(22,23)24)30(10-19)15-3-4-25-17(29-15)13-8-27-16-12(13)5-11(21)7-26-16;20-9-5-10-11(7-27-16(10)26-6-9)17-25-4-3-14(29-17)30-12(15(24)31)1-2-13(30)18(32)28-8-19(21,22)23;1-18(31)5-13(17(30)27-8-19(21,22)23)29(9-18)14-2-3-24-16(28-14)12-7-26-15-11(12)4-10(20)6-25-15;1-17(2,16(27)21-4-3-20)26-15-12(19)8-24-14(25-15)11-7-23-13-10(11)5-9(18)6-22-13;1-4-20-16(26)17(2,3)25-15-12(19)8-23-14(24-15)11-7-22-13-10(11)5-9(18)6-21-13;;;;;;;;/h3-5,7-8,14,32H,2,6,9-10H2,1H3,(H,26,27)(H,28,31);3-7,12-13H,1-2,8H2,(H2,24,31)(H,26,27)(H,28,32);2-4,6-7,13,31H,5,8-9H2,1H3,(H,25,26)(H,27,30);5-8H,3-4H2,1-2H3,(H,21,27)(H,22,23)(H,24,25,26);5-8H,4H2,1-3H3,(H,20,26)(H,21,22)(H,23,24,25);8*1H/t14-,19-;12-,13+;13-,18-;;;;;;;;;;/m101........../s1. The minimum absolute atomic E-state index is 0. The summed E-state index contributed by atoms with van der Waals surface area (Å²) in [5.41, 5.74) is 7.34. The molecule has 18 heterocycles. The minimum atomic E-state index is -4.56. The predicted octanol–water partition coefficient (Wildman–Crippen LogP) is 17.2. The number of likely N-dealkylation sites (N-methyl/N-ethyl adjacent to an activating group) is 1. The van der Waals surface area contributed by atoms with Crippen LogP contribution in [0.3, 0.4) is 0 Å². The van der Waals surface area contributed by atoms with E-state index in [9.17, 15) is 82.9 Å². The molecule has 3 aliphatic heterocycles. The second-order valence-electron chi connectivity index (χ2n) is 35.2. The van der Waals surface area contributed by atoms with E-state index in [0.29, 0.717) is 151 Å². The summed E-state index contributed by atoms with van der Waals surface area (Å²) in [6, 6.07) is 9.23. The fraction of sp³-hybridized carbons (Fsp3) is 0.337. The average molecular weight is 2210 g/mol. The molecule has 3 saturated heterocycles. The molecule has 15 aromatic rings. The first-order chi connectivity index (χ1) is 69.9. The highest BCUT2D eigenvalue weighted by Crippen LogP contribution is 2.41. The van der Waals surface area contributed by atoms with Gasteiger partial charge in [0.25, 0.3) is 0 Å². The number of anilines is 5. The van der Waals surface area contributed by atoms with E-state index in [1.54, 1.807) is 114 Å². The molecule has 3 aliphatic rings. The Kier molecular flexibility index (Phi) is 33.6. The van der Waals surface area contributed by atoms with E-state index < -0.39 is 115 Å². The molecular weight excluding hydrogens is 2110 g/mol. The van der Waals surface area contributed by atoms with Crippen LogP contribution in [-0.4, -0.2) is 263 Å². The second-order valence-corrected chi connectivity index (χ2v) is 38.2. The van der Waals surface area contributed by atoms with Crippen LogP contribution >= 0.6 is 81.2 Å². The Morgan fingerprint density at radius 2 is 0.750 bits per heavy atom. The van der Waals surface area contributed by atoms with E-state index in [-0.39, 0.29) is 91.0 Å². The van der Waals surface area contributed by atoms with Gasteiger partial charge in [0.15, 0.2) is 29.1 Å². The van der Waals surface area contributed by atoms with Gasteiger partial charge >= 0.3 is 18.5 Å². The third-order valence-electron chi connectivity index (χ3n) is 23.3. The van der Waals surface area contributed by atoms with Gasteiger partial charge in [-0.2, -0.15) is 39.5 Å². The van der Waals surface area contributed by atoms with Gasteiger partial charge in [0, 0.05) is 186 Å². The Hall–Kier alpha value is -14.1. The van der Waals surface area contributed by atoms with Gasteiger partial charge < -0.3 is 92.8 Å². The molecule has 0 saturated carbocycles. The van der Waals surface area contributed by atoms with Crippen molar-refractivity contribution in [2.24, 2.45) is 5.73 Å². The van der Waals surface area contributed by atoms with E-state index in [2.05, 4.69) is 121 Å². The number of carbonyl (C=O) groups is 6. The number of alkyl halides is 10. The normalized spacial score (nSPS) is 17.4. The maximum atomic E-state index is 12.6. The third kappa shape index (κ3) is 26.7. The summed E-state index contributed by atoms with van der Waals surface area (Å²) in [7, 11) is 0. The number of aromatic amines is 5. The zero-order valence-corrected chi connectivity index (χ0v) is 84.0. The van der Waals surface area contributed by atoms with Crippen molar-refractivity contribution in [3.63, 3.8) is 0 Å². The summed E-state index contributed by atoms with van der Waals surface area (Å²) >= 11 is 42.6. The maximum absolute atomic E-state index is 12.6. The highest BCUT2D eigenvalue weighted by molar-refractivity contribution is 6.34. The predicted molar refractivity (Wildman–Crippen MR) is 554 cm³/mol. The van der Waals surface area contributed by atoms with Crippen LogP contribution in [0.4, 0.5) is 73.0 Å². The summed E-state index contributed by atoms with van der Waals surface area (Å²) in [6.45, 7) is 7.47. The van der Waals surface area contributed by atoms with Crippen LogP contribution in [0.25, 0.3) is 112 Å². The topological polar surface area (TPSA) is 535 Å². The number of H-pyrrole nitrogens is 5. The van der Waals surface area contributed by atoms with Gasteiger partial charge in [-0.1, -0.05) is 88.1 Å². The van der Waals surface area contributed by atoms with Gasteiger partial charge in [-0.25, -0.2) is 79.2 Å². The number of carbonyl (C=O) groups excluding carboxylic acids is 6. The molecule has 18 rings (SSSR count). The summed E-state index contributed by atoms with van der Waals surface area (Å²) < 4.78 is 125. The van der Waals surface area contributed by atoms with Crippen LogP contribution in [-0.2, 0) is 28.8 Å². The van der Waals surface area contributed by atoms with Gasteiger partial charge in [-0.3, -0.25) is 28.8 Å². The maximum Gasteiger partial charge on any atom is 0.405 e. The smallest absolute Gasteiger partial charge is 0.388 e. The number of aromatic nitrogens is 20. The fourth-order valence-electron chi connectivity index (χ4n) is 16.2.